The Balaban J connectivity index is 5.32. The molecule has 0 aromatic carbocycles. The van der Waals surface area contributed by atoms with Crippen molar-refractivity contribution in [2.24, 2.45) is 0 Å². The second-order valence-electron chi connectivity index (χ2n) is 9.76. The smallest absolute Gasteiger partial charge is 0.196 e. The maximum Gasteiger partial charge on any atom is 0.196 e. The van der Waals surface area contributed by atoms with Crippen molar-refractivity contribution < 1.29 is 0 Å². The zero-order valence-electron chi connectivity index (χ0n) is 16.7. The van der Waals surface area contributed by atoms with Crippen LogP contribution in [0.5, 0.6) is 0 Å². The lowest BCUT2D eigenvalue weighted by molar-refractivity contribution is 0.704. The Kier molecular flexibility index (Phi) is 6.93. The van der Waals surface area contributed by atoms with E-state index >= 15 is 0 Å². The number of hydrogen-bond acceptors (Lipinski definition) is 2. The van der Waals surface area contributed by atoms with Gasteiger partial charge in [-0.2, -0.15) is 0 Å². The van der Waals surface area contributed by atoms with Crippen LogP contribution in [0.1, 0.15) is 55.4 Å². The molecule has 21 heavy (non-hydrogen) atoms. The summed E-state index contributed by atoms with van der Waals surface area (Å²) in [5.41, 5.74) is 3.94. The average Bonchev–Trinajstić information content (AvgIpc) is 2.09. The summed E-state index contributed by atoms with van der Waals surface area (Å²) in [7, 11) is -4.21. The SMILES string of the molecule is CC(C)=C[SiH](N[Si](C)(C)C(C)(C)C)N[Si](C)(C)C(C)(C)C. The molecule has 5 heteroatoms. The van der Waals surface area contributed by atoms with E-state index < -0.39 is 25.6 Å². The summed E-state index contributed by atoms with van der Waals surface area (Å²) in [4.78, 5) is 0. The highest BCUT2D eigenvalue weighted by Gasteiger charge is 2.41. The fourth-order valence-electron chi connectivity index (χ4n) is 1.66. The van der Waals surface area contributed by atoms with Gasteiger partial charge in [-0.3, -0.25) is 0 Å². The van der Waals surface area contributed by atoms with Crippen LogP contribution in [0.25, 0.3) is 0 Å². The third kappa shape index (κ3) is 6.52. The largest absolute Gasteiger partial charge is 0.347 e. The van der Waals surface area contributed by atoms with Crippen molar-refractivity contribution in [3.8, 4) is 0 Å². The van der Waals surface area contributed by atoms with Gasteiger partial charge in [0.15, 0.2) is 9.12 Å². The van der Waals surface area contributed by atoms with Gasteiger partial charge >= 0.3 is 0 Å². The highest BCUT2D eigenvalue weighted by molar-refractivity contribution is 6.93. The monoisotopic (exact) mass is 344 g/mol. The molecule has 0 radical (unpaired) electrons. The highest BCUT2D eigenvalue weighted by Crippen LogP contribution is 2.35. The van der Waals surface area contributed by atoms with Gasteiger partial charge in [0, 0.05) is 0 Å². The lowest BCUT2D eigenvalue weighted by Crippen LogP contribution is -2.68. The van der Waals surface area contributed by atoms with E-state index in [1.54, 1.807) is 0 Å². The van der Waals surface area contributed by atoms with Gasteiger partial charge < -0.3 is 9.30 Å². The summed E-state index contributed by atoms with van der Waals surface area (Å²) in [6.07, 6.45) is 0. The minimum atomic E-state index is -1.47. The molecule has 0 spiro atoms. The molecule has 0 fully saturated rings. The minimum absolute atomic E-state index is 0.378. The molecule has 0 aliphatic heterocycles. The van der Waals surface area contributed by atoms with E-state index in [0.717, 1.165) is 0 Å². The van der Waals surface area contributed by atoms with Gasteiger partial charge in [0.1, 0.15) is 16.5 Å². The minimum Gasteiger partial charge on any atom is -0.347 e. The summed E-state index contributed by atoms with van der Waals surface area (Å²) in [5, 5.41) is 0.756. The number of allylic oxidation sites excluding steroid dienone is 1. The van der Waals surface area contributed by atoms with Crippen LogP contribution >= 0.6 is 0 Å². The Labute approximate surface area is 138 Å². The Morgan fingerprint density at radius 3 is 1.24 bits per heavy atom. The third-order valence-corrected chi connectivity index (χ3v) is 22.0. The molecule has 0 aliphatic rings. The first-order valence-corrected chi connectivity index (χ1v) is 16.0. The Bertz CT molecular complexity index is 342. The topological polar surface area (TPSA) is 24.1 Å². The number of rotatable bonds is 5. The van der Waals surface area contributed by atoms with E-state index in [0.29, 0.717) is 10.1 Å². The van der Waals surface area contributed by atoms with Gasteiger partial charge in [-0.1, -0.05) is 79.0 Å². The van der Waals surface area contributed by atoms with Gasteiger partial charge in [0.2, 0.25) is 0 Å². The molecule has 0 amide bonds. The van der Waals surface area contributed by atoms with Crippen molar-refractivity contribution in [2.75, 3.05) is 0 Å². The summed E-state index contributed by atoms with van der Waals surface area (Å²) in [6, 6.07) is 0. The summed E-state index contributed by atoms with van der Waals surface area (Å²) < 4.78 is 8.24. The molecule has 0 aromatic rings. The predicted octanol–water partition coefficient (Wildman–Crippen LogP) is 4.90. The standard InChI is InChI=1S/C16H40N2Si3/c1-14(2)13-19(17-20(9,10)15(3,4)5)18-21(11,12)16(6,7)8/h13,17-19H,1-12H3. The summed E-state index contributed by atoms with van der Waals surface area (Å²) in [6.45, 7) is 28.6. The quantitative estimate of drug-likeness (QED) is 0.693. The summed E-state index contributed by atoms with van der Waals surface area (Å²) >= 11 is 0. The molecule has 0 saturated carbocycles. The van der Waals surface area contributed by atoms with E-state index in [1.807, 2.05) is 0 Å². The fraction of sp³-hybridized carbons (Fsp3) is 0.875. The Morgan fingerprint density at radius 1 is 0.762 bits per heavy atom. The first-order valence-electron chi connectivity index (χ1n) is 8.20. The van der Waals surface area contributed by atoms with E-state index in [-0.39, 0.29) is 0 Å². The first-order chi connectivity index (χ1) is 8.99. The number of hydrogen-bond donors (Lipinski definition) is 2. The predicted molar refractivity (Wildman–Crippen MR) is 107 cm³/mol. The van der Waals surface area contributed by atoms with Gasteiger partial charge in [0.25, 0.3) is 0 Å². The lowest BCUT2D eigenvalue weighted by atomic mass is 10.2. The number of nitrogens with one attached hydrogen (secondary N) is 2. The molecule has 0 saturated heterocycles. The van der Waals surface area contributed by atoms with Crippen molar-refractivity contribution in [1.29, 1.82) is 0 Å². The van der Waals surface area contributed by atoms with Crippen LogP contribution < -0.4 is 9.30 Å². The normalized spacial score (nSPS) is 14.5. The van der Waals surface area contributed by atoms with Crippen LogP contribution in [0.4, 0.5) is 0 Å². The Morgan fingerprint density at radius 2 is 1.05 bits per heavy atom. The highest BCUT2D eigenvalue weighted by atomic mass is 28.4. The molecule has 0 aromatic heterocycles. The maximum atomic E-state index is 4.12. The Hall–Kier alpha value is 0.311. The maximum absolute atomic E-state index is 4.12. The van der Waals surface area contributed by atoms with Crippen LogP contribution in [-0.2, 0) is 0 Å². The second-order valence-corrected chi connectivity index (χ2v) is 22.9. The second kappa shape index (κ2) is 6.83. The molecule has 126 valence electrons. The van der Waals surface area contributed by atoms with Gasteiger partial charge in [-0.25, -0.2) is 0 Å². The van der Waals surface area contributed by atoms with E-state index in [4.69, 9.17) is 0 Å². The van der Waals surface area contributed by atoms with Crippen LogP contribution in [-0.4, -0.2) is 25.6 Å². The van der Waals surface area contributed by atoms with Crippen molar-refractivity contribution in [3.63, 3.8) is 0 Å². The van der Waals surface area contributed by atoms with Crippen LogP contribution in [0, 0.1) is 0 Å². The molecule has 0 heterocycles. The van der Waals surface area contributed by atoms with Crippen LogP contribution in [0.15, 0.2) is 11.3 Å². The molecule has 2 nitrogen and oxygen atoms in total. The van der Waals surface area contributed by atoms with Crippen molar-refractivity contribution in [2.45, 2.75) is 91.7 Å². The molecule has 0 rings (SSSR count). The van der Waals surface area contributed by atoms with Crippen molar-refractivity contribution >= 4 is 25.6 Å². The lowest BCUT2D eigenvalue weighted by Gasteiger charge is -2.44. The zero-order chi connectivity index (χ0) is 17.3. The molecular formula is C16H40N2Si3. The van der Waals surface area contributed by atoms with Gasteiger partial charge in [-0.05, 0) is 23.9 Å². The molecule has 0 aliphatic carbocycles. The summed E-state index contributed by atoms with van der Waals surface area (Å²) in [5.74, 6) is 0. The van der Waals surface area contributed by atoms with E-state index in [9.17, 15) is 0 Å². The average molecular weight is 345 g/mol. The third-order valence-electron chi connectivity index (χ3n) is 5.28. The molecular weight excluding hydrogens is 304 g/mol. The van der Waals surface area contributed by atoms with Crippen LogP contribution in [0.3, 0.4) is 0 Å². The molecule has 0 atom stereocenters. The first kappa shape index (κ1) is 21.3. The van der Waals surface area contributed by atoms with E-state index in [2.05, 4.69) is 96.6 Å². The van der Waals surface area contributed by atoms with Crippen LogP contribution in [0.2, 0.25) is 36.3 Å². The van der Waals surface area contributed by atoms with Crippen molar-refractivity contribution in [3.05, 3.63) is 11.3 Å². The fourth-order valence-corrected chi connectivity index (χ4v) is 13.6. The molecule has 2 N–H and O–H groups in total. The van der Waals surface area contributed by atoms with Gasteiger partial charge in [-0.15, -0.1) is 0 Å². The molecule has 0 bridgehead atoms. The van der Waals surface area contributed by atoms with E-state index in [1.165, 1.54) is 5.57 Å². The zero-order valence-corrected chi connectivity index (χ0v) is 19.8. The van der Waals surface area contributed by atoms with Crippen molar-refractivity contribution in [1.82, 2.24) is 9.30 Å². The molecule has 0 unspecified atom stereocenters. The van der Waals surface area contributed by atoms with Gasteiger partial charge in [0.05, 0.1) is 0 Å².